The minimum absolute atomic E-state index is 0.000477. The van der Waals surface area contributed by atoms with Crippen LogP contribution >= 0.6 is 12.2 Å². The molecular weight excluding hydrogens is 220 g/mol. The number of nitrogens with one attached hydrogen (secondary N) is 2. The van der Waals surface area contributed by atoms with Crippen molar-refractivity contribution in [2.45, 2.75) is 19.3 Å². The maximum atomic E-state index is 11.3. The lowest BCUT2D eigenvalue weighted by Gasteiger charge is -2.21. The predicted octanol–water partition coefficient (Wildman–Crippen LogP) is -0.612. The molecule has 0 aliphatic carbocycles. The number of amides is 2. The molecule has 1 aliphatic heterocycles. The van der Waals surface area contributed by atoms with Crippen LogP contribution in [-0.2, 0) is 14.4 Å². The molecule has 7 heteroatoms. The maximum absolute atomic E-state index is 11.3. The summed E-state index contributed by atoms with van der Waals surface area (Å²) in [5.74, 6) is -2.71. The van der Waals surface area contributed by atoms with Gasteiger partial charge in [-0.2, -0.15) is 0 Å². The second-order valence-corrected chi connectivity index (χ2v) is 3.55. The molecule has 1 rings (SSSR count). The van der Waals surface area contributed by atoms with Gasteiger partial charge in [-0.25, -0.2) is 0 Å². The Morgan fingerprint density at radius 1 is 1.33 bits per heavy atom. The largest absolute Gasteiger partial charge is 0.481 e. The normalized spacial score (nSPS) is 17.2. The molecule has 0 radical (unpaired) electrons. The number of hydrogen-bond donors (Lipinski definition) is 3. The van der Waals surface area contributed by atoms with Crippen LogP contribution in [-0.4, -0.2) is 28.0 Å². The van der Waals surface area contributed by atoms with Gasteiger partial charge in [-0.1, -0.05) is 0 Å². The Bertz CT molecular complexity index is 309. The van der Waals surface area contributed by atoms with Crippen LogP contribution < -0.4 is 10.6 Å². The van der Waals surface area contributed by atoms with Gasteiger partial charge in [-0.15, -0.1) is 0 Å². The fourth-order valence-corrected chi connectivity index (χ4v) is 1.47. The third-order valence-corrected chi connectivity index (χ3v) is 2.19. The summed E-state index contributed by atoms with van der Waals surface area (Å²) in [4.78, 5) is 32.8. The molecule has 1 fully saturated rings. The first-order valence-corrected chi connectivity index (χ1v) is 4.79. The Labute approximate surface area is 91.0 Å². The molecule has 6 nitrogen and oxygen atoms in total. The zero-order chi connectivity index (χ0) is 11.4. The molecule has 0 aromatic heterocycles. The molecule has 82 valence electrons. The Balaban J connectivity index is 2.46. The van der Waals surface area contributed by atoms with Crippen molar-refractivity contribution in [2.24, 2.45) is 5.92 Å². The molecule has 1 aliphatic rings. The molecule has 3 N–H and O–H groups in total. The van der Waals surface area contributed by atoms with E-state index in [-0.39, 0.29) is 24.4 Å². The highest BCUT2D eigenvalue weighted by Gasteiger charge is 2.31. The first-order valence-electron chi connectivity index (χ1n) is 4.38. The van der Waals surface area contributed by atoms with Crippen LogP contribution in [0, 0.1) is 5.92 Å². The van der Waals surface area contributed by atoms with E-state index in [0.717, 1.165) is 0 Å². The summed E-state index contributed by atoms with van der Waals surface area (Å²) < 4.78 is 0. The lowest BCUT2D eigenvalue weighted by Crippen LogP contribution is -2.55. The van der Waals surface area contributed by atoms with Gasteiger partial charge in [0, 0.05) is 6.42 Å². The van der Waals surface area contributed by atoms with E-state index in [1.165, 1.54) is 0 Å². The SMILES string of the molecule is O=C(O)CCCC1C(=O)NC(=S)NC1=O. The smallest absolute Gasteiger partial charge is 0.303 e. The fourth-order valence-electron chi connectivity index (χ4n) is 1.27. The molecule has 0 aromatic rings. The van der Waals surface area contributed by atoms with Crippen molar-refractivity contribution in [3.63, 3.8) is 0 Å². The van der Waals surface area contributed by atoms with Crippen LogP contribution in [0.3, 0.4) is 0 Å². The fraction of sp³-hybridized carbons (Fsp3) is 0.500. The second kappa shape index (κ2) is 4.83. The number of rotatable bonds is 4. The summed E-state index contributed by atoms with van der Waals surface area (Å²) in [7, 11) is 0. The van der Waals surface area contributed by atoms with Crippen LogP contribution in [0.5, 0.6) is 0 Å². The average Bonchev–Trinajstić information content (AvgIpc) is 2.08. The molecule has 2 amide bonds. The van der Waals surface area contributed by atoms with Crippen LogP contribution in [0.2, 0.25) is 0 Å². The van der Waals surface area contributed by atoms with E-state index < -0.39 is 23.7 Å². The Kier molecular flexibility index (Phi) is 3.73. The molecule has 0 atom stereocenters. The first-order chi connectivity index (χ1) is 7.00. The van der Waals surface area contributed by atoms with Gasteiger partial charge in [0.25, 0.3) is 0 Å². The highest BCUT2D eigenvalue weighted by molar-refractivity contribution is 7.80. The highest BCUT2D eigenvalue weighted by Crippen LogP contribution is 2.11. The Hall–Kier alpha value is -1.50. The summed E-state index contributed by atoms with van der Waals surface area (Å²) in [5.41, 5.74) is 0. The number of thiocarbonyl (C=S) groups is 1. The van der Waals surface area contributed by atoms with Crippen molar-refractivity contribution in [2.75, 3.05) is 0 Å². The summed E-state index contributed by atoms with van der Waals surface area (Å²) in [6.07, 6.45) is 0.446. The summed E-state index contributed by atoms with van der Waals surface area (Å²) in [6.45, 7) is 0. The van der Waals surface area contributed by atoms with Gasteiger partial charge < -0.3 is 15.7 Å². The zero-order valence-corrected chi connectivity index (χ0v) is 8.60. The number of carbonyl (C=O) groups is 3. The third-order valence-electron chi connectivity index (χ3n) is 1.99. The molecule has 1 heterocycles. The second-order valence-electron chi connectivity index (χ2n) is 3.15. The van der Waals surface area contributed by atoms with Crippen molar-refractivity contribution in [1.29, 1.82) is 0 Å². The lowest BCUT2D eigenvalue weighted by atomic mass is 9.99. The van der Waals surface area contributed by atoms with E-state index in [1.807, 2.05) is 0 Å². The molecule has 0 aromatic carbocycles. The monoisotopic (exact) mass is 230 g/mol. The van der Waals surface area contributed by atoms with Gasteiger partial charge >= 0.3 is 5.97 Å². The van der Waals surface area contributed by atoms with Crippen LogP contribution in [0.15, 0.2) is 0 Å². The Morgan fingerprint density at radius 2 is 1.87 bits per heavy atom. The van der Waals surface area contributed by atoms with E-state index in [4.69, 9.17) is 5.11 Å². The number of aliphatic carboxylic acids is 1. The predicted molar refractivity (Wildman–Crippen MR) is 53.9 cm³/mol. The van der Waals surface area contributed by atoms with Crippen LogP contribution in [0.25, 0.3) is 0 Å². The average molecular weight is 230 g/mol. The van der Waals surface area contributed by atoms with Gasteiger partial charge in [0.05, 0.1) is 0 Å². The third kappa shape index (κ3) is 3.28. The van der Waals surface area contributed by atoms with Crippen LogP contribution in [0.4, 0.5) is 0 Å². The summed E-state index contributed by atoms with van der Waals surface area (Å²) in [5, 5.41) is 13.0. The topological polar surface area (TPSA) is 95.5 Å². The maximum Gasteiger partial charge on any atom is 0.303 e. The number of hydrogen-bond acceptors (Lipinski definition) is 4. The van der Waals surface area contributed by atoms with Gasteiger partial charge in [-0.3, -0.25) is 14.4 Å². The van der Waals surface area contributed by atoms with Crippen LogP contribution in [0.1, 0.15) is 19.3 Å². The van der Waals surface area contributed by atoms with Crippen molar-refractivity contribution < 1.29 is 19.5 Å². The molecule has 0 unspecified atom stereocenters. The van der Waals surface area contributed by atoms with Crippen molar-refractivity contribution >= 4 is 35.1 Å². The molecule has 0 spiro atoms. The zero-order valence-electron chi connectivity index (χ0n) is 7.78. The van der Waals surface area contributed by atoms with Crippen molar-refractivity contribution in [3.8, 4) is 0 Å². The van der Waals surface area contributed by atoms with E-state index >= 15 is 0 Å². The first kappa shape index (κ1) is 11.6. The molecule has 0 bridgehead atoms. The van der Waals surface area contributed by atoms with Crippen molar-refractivity contribution in [3.05, 3.63) is 0 Å². The van der Waals surface area contributed by atoms with Crippen molar-refractivity contribution in [1.82, 2.24) is 10.6 Å². The van der Waals surface area contributed by atoms with Gasteiger partial charge in [-0.05, 0) is 25.1 Å². The van der Waals surface area contributed by atoms with E-state index in [9.17, 15) is 14.4 Å². The molecule has 1 saturated heterocycles. The van der Waals surface area contributed by atoms with Gasteiger partial charge in [0.15, 0.2) is 5.11 Å². The summed E-state index contributed by atoms with van der Waals surface area (Å²) in [6, 6.07) is 0. The van der Waals surface area contributed by atoms with E-state index in [1.54, 1.807) is 0 Å². The minimum atomic E-state index is -0.942. The standard InChI is InChI=1S/C8H10N2O4S/c11-5(12)3-1-2-4-6(13)9-8(15)10-7(4)14/h4H,1-3H2,(H,11,12)(H2,9,10,13,14,15). The van der Waals surface area contributed by atoms with E-state index in [0.29, 0.717) is 0 Å². The highest BCUT2D eigenvalue weighted by atomic mass is 32.1. The molecular formula is C8H10N2O4S. The number of carboxylic acids is 1. The number of carbonyl (C=O) groups excluding carboxylic acids is 2. The lowest BCUT2D eigenvalue weighted by molar-refractivity contribution is -0.139. The van der Waals surface area contributed by atoms with E-state index in [2.05, 4.69) is 22.9 Å². The van der Waals surface area contributed by atoms with Gasteiger partial charge in [0.2, 0.25) is 11.8 Å². The quantitative estimate of drug-likeness (QED) is 0.442. The Morgan fingerprint density at radius 3 is 2.33 bits per heavy atom. The molecule has 0 saturated carbocycles. The number of carboxylic acid groups (broad SMARTS) is 1. The molecule has 15 heavy (non-hydrogen) atoms. The summed E-state index contributed by atoms with van der Waals surface area (Å²) >= 11 is 4.61. The minimum Gasteiger partial charge on any atom is -0.481 e. The van der Waals surface area contributed by atoms with Gasteiger partial charge in [0.1, 0.15) is 5.92 Å².